The zero-order valence-corrected chi connectivity index (χ0v) is 21.2. The van der Waals surface area contributed by atoms with Crippen LogP contribution in [0.15, 0.2) is 66.7 Å². The normalized spacial score (nSPS) is 27.4. The van der Waals surface area contributed by atoms with Gasteiger partial charge in [-0.3, -0.25) is 4.90 Å². The van der Waals surface area contributed by atoms with Gasteiger partial charge in [0.05, 0.1) is 18.4 Å². The summed E-state index contributed by atoms with van der Waals surface area (Å²) in [4.78, 5) is 24.3. The molecule has 1 heterocycles. The molecule has 2 aromatic rings. The van der Waals surface area contributed by atoms with Gasteiger partial charge in [0.25, 0.3) is 0 Å². The van der Waals surface area contributed by atoms with E-state index in [1.807, 2.05) is 30.3 Å². The number of carboxylic acids is 2. The number of anilines is 1. The molecule has 2 aromatic carbocycles. The van der Waals surface area contributed by atoms with Gasteiger partial charge in [0, 0.05) is 44.4 Å². The van der Waals surface area contributed by atoms with E-state index in [-0.39, 0.29) is 0 Å². The second-order valence-corrected chi connectivity index (χ2v) is 10.2. The summed E-state index contributed by atoms with van der Waals surface area (Å²) in [5, 5.41) is 26.9. The first-order valence-corrected chi connectivity index (χ1v) is 12.8. The Balaban J connectivity index is 0.000000349. The van der Waals surface area contributed by atoms with Crippen LogP contribution in [0.2, 0.25) is 0 Å². The summed E-state index contributed by atoms with van der Waals surface area (Å²) < 4.78 is 5.55. The van der Waals surface area contributed by atoms with Gasteiger partial charge in [-0.2, -0.15) is 0 Å². The maximum absolute atomic E-state index is 11.2. The minimum Gasteiger partial charge on any atom is -0.495 e. The number of rotatable bonds is 6. The van der Waals surface area contributed by atoms with E-state index in [1.165, 1.54) is 18.5 Å². The van der Waals surface area contributed by atoms with Crippen molar-refractivity contribution in [2.24, 2.45) is 11.8 Å². The minimum atomic E-state index is -1.26. The van der Waals surface area contributed by atoms with Crippen LogP contribution in [0.25, 0.3) is 0 Å². The summed E-state index contributed by atoms with van der Waals surface area (Å²) in [6, 6.07) is 19.3. The van der Waals surface area contributed by atoms with E-state index >= 15 is 0 Å². The van der Waals surface area contributed by atoms with Crippen LogP contribution < -0.4 is 9.64 Å². The number of nitrogens with zero attached hydrogens (tertiary/aromatic N) is 2. The highest BCUT2D eigenvalue weighted by Gasteiger charge is 2.50. The number of piperazine rings is 1. The number of fused-ring (bicyclic) bond motifs is 1. The van der Waals surface area contributed by atoms with E-state index in [0.717, 1.165) is 50.3 Å². The lowest BCUT2D eigenvalue weighted by Gasteiger charge is -2.40. The molecule has 0 aromatic heterocycles. The molecule has 2 atom stereocenters. The first-order chi connectivity index (χ1) is 17.8. The largest absolute Gasteiger partial charge is 0.495 e. The van der Waals surface area contributed by atoms with E-state index in [9.17, 15) is 14.7 Å². The molecule has 1 aliphatic heterocycles. The second-order valence-electron chi connectivity index (χ2n) is 10.2. The fourth-order valence-electron chi connectivity index (χ4n) is 6.27. The topological polar surface area (TPSA) is 111 Å². The molecular formula is C29H36N2O6. The van der Waals surface area contributed by atoms with Gasteiger partial charge in [0.15, 0.2) is 0 Å². The SMILES string of the molecule is COc1ccccc1N1CCN(C2CC3CC(O)(c4ccccc4)CC3C2)CC1.O=C(O)/C=C\C(=O)O. The molecule has 198 valence electrons. The molecule has 8 nitrogen and oxygen atoms in total. The highest BCUT2D eigenvalue weighted by molar-refractivity contribution is 5.89. The summed E-state index contributed by atoms with van der Waals surface area (Å²) in [6.45, 7) is 4.34. The van der Waals surface area contributed by atoms with Crippen molar-refractivity contribution < 1.29 is 29.6 Å². The van der Waals surface area contributed by atoms with Gasteiger partial charge >= 0.3 is 11.9 Å². The van der Waals surface area contributed by atoms with Crippen molar-refractivity contribution in [2.75, 3.05) is 38.2 Å². The molecule has 0 radical (unpaired) electrons. The van der Waals surface area contributed by atoms with E-state index < -0.39 is 17.5 Å². The van der Waals surface area contributed by atoms with Crippen LogP contribution in [0.3, 0.4) is 0 Å². The van der Waals surface area contributed by atoms with Gasteiger partial charge in [-0.15, -0.1) is 0 Å². The molecule has 3 fully saturated rings. The number of aliphatic carboxylic acids is 2. The molecule has 5 rings (SSSR count). The number of aliphatic hydroxyl groups is 1. The predicted molar refractivity (Wildman–Crippen MR) is 141 cm³/mol. The molecule has 1 saturated heterocycles. The average molecular weight is 509 g/mol. The van der Waals surface area contributed by atoms with Crippen molar-refractivity contribution in [2.45, 2.75) is 37.3 Å². The molecule has 3 N–H and O–H groups in total. The lowest BCUT2D eigenvalue weighted by Crippen LogP contribution is -2.50. The van der Waals surface area contributed by atoms with E-state index in [0.29, 0.717) is 30.0 Å². The zero-order valence-electron chi connectivity index (χ0n) is 21.2. The summed E-state index contributed by atoms with van der Waals surface area (Å²) >= 11 is 0. The quantitative estimate of drug-likeness (QED) is 0.508. The Morgan fingerprint density at radius 3 is 1.95 bits per heavy atom. The fraction of sp³-hybridized carbons (Fsp3) is 0.448. The van der Waals surface area contributed by atoms with Crippen molar-refractivity contribution in [3.8, 4) is 5.75 Å². The number of carboxylic acid groups (broad SMARTS) is 2. The van der Waals surface area contributed by atoms with E-state index in [1.54, 1.807) is 7.11 Å². The number of methoxy groups -OCH3 is 1. The number of hydrogen-bond acceptors (Lipinski definition) is 6. The standard InChI is InChI=1S/C25H32N2O2.C4H4O4/c1-29-24-10-6-5-9-23(24)27-13-11-26(12-14-27)22-15-19-17-25(28,18-20(19)16-22)21-7-3-2-4-8-21;5-3(6)1-2-4(7)8/h2-10,19-20,22,28H,11-18H2,1H3;1-2H,(H,5,6)(H,7,8)/b;2-1-. The van der Waals surface area contributed by atoms with Crippen LogP contribution in [0.1, 0.15) is 31.2 Å². The summed E-state index contributed by atoms with van der Waals surface area (Å²) in [6.07, 6.45) is 5.46. The van der Waals surface area contributed by atoms with Crippen molar-refractivity contribution in [1.82, 2.24) is 4.90 Å². The maximum atomic E-state index is 11.2. The number of para-hydroxylation sites is 2. The monoisotopic (exact) mass is 508 g/mol. The summed E-state index contributed by atoms with van der Waals surface area (Å²) in [5.41, 5.74) is 1.71. The fourth-order valence-corrected chi connectivity index (χ4v) is 6.27. The number of hydrogen-bond donors (Lipinski definition) is 3. The molecule has 37 heavy (non-hydrogen) atoms. The van der Waals surface area contributed by atoms with Gasteiger partial charge in [-0.05, 0) is 55.2 Å². The molecule has 0 spiro atoms. The van der Waals surface area contributed by atoms with E-state index in [2.05, 4.69) is 34.1 Å². The number of benzene rings is 2. The van der Waals surface area contributed by atoms with Crippen LogP contribution in [0.4, 0.5) is 5.69 Å². The van der Waals surface area contributed by atoms with Gasteiger partial charge in [-0.25, -0.2) is 9.59 Å². The summed E-state index contributed by atoms with van der Waals surface area (Å²) in [5.74, 6) is -0.216. The molecular weight excluding hydrogens is 472 g/mol. The van der Waals surface area contributed by atoms with Crippen molar-refractivity contribution >= 4 is 17.6 Å². The first kappa shape index (κ1) is 26.7. The molecule has 0 bridgehead atoms. The highest BCUT2D eigenvalue weighted by Crippen LogP contribution is 2.53. The highest BCUT2D eigenvalue weighted by atomic mass is 16.5. The summed E-state index contributed by atoms with van der Waals surface area (Å²) in [7, 11) is 1.75. The molecule has 3 aliphatic rings. The zero-order chi connectivity index (χ0) is 26.4. The van der Waals surface area contributed by atoms with Crippen LogP contribution in [0, 0.1) is 11.8 Å². The Bertz CT molecular complexity index is 1070. The maximum Gasteiger partial charge on any atom is 0.328 e. The third-order valence-corrected chi connectivity index (χ3v) is 7.95. The number of ether oxygens (including phenoxy) is 1. The number of carbonyl (C=O) groups is 2. The van der Waals surface area contributed by atoms with Gasteiger partial charge in [0.1, 0.15) is 5.75 Å². The Morgan fingerprint density at radius 2 is 1.41 bits per heavy atom. The van der Waals surface area contributed by atoms with Crippen LogP contribution in [0.5, 0.6) is 5.75 Å². The lowest BCUT2D eigenvalue weighted by molar-refractivity contribution is -0.134. The van der Waals surface area contributed by atoms with Gasteiger partial charge in [0.2, 0.25) is 0 Å². The third-order valence-electron chi connectivity index (χ3n) is 7.95. The lowest BCUT2D eigenvalue weighted by atomic mass is 9.89. The Morgan fingerprint density at radius 1 is 0.865 bits per heavy atom. The van der Waals surface area contributed by atoms with Crippen molar-refractivity contribution in [3.63, 3.8) is 0 Å². The van der Waals surface area contributed by atoms with Gasteiger partial charge in [-0.1, -0.05) is 42.5 Å². The van der Waals surface area contributed by atoms with Crippen LogP contribution in [-0.4, -0.2) is 71.5 Å². The molecule has 2 saturated carbocycles. The average Bonchev–Trinajstić information content (AvgIpc) is 3.44. The molecule has 2 aliphatic carbocycles. The minimum absolute atomic E-state index is 0.558. The van der Waals surface area contributed by atoms with Gasteiger partial charge < -0.3 is 25.0 Å². The molecule has 0 amide bonds. The van der Waals surface area contributed by atoms with Crippen LogP contribution >= 0.6 is 0 Å². The van der Waals surface area contributed by atoms with Crippen molar-refractivity contribution in [1.29, 1.82) is 0 Å². The van der Waals surface area contributed by atoms with Crippen molar-refractivity contribution in [3.05, 3.63) is 72.3 Å². The molecule has 2 unspecified atom stereocenters. The first-order valence-electron chi connectivity index (χ1n) is 12.8. The second kappa shape index (κ2) is 11.8. The smallest absolute Gasteiger partial charge is 0.328 e. The molecule has 8 heteroatoms. The Hall–Kier alpha value is -3.36. The van der Waals surface area contributed by atoms with E-state index in [4.69, 9.17) is 14.9 Å². The van der Waals surface area contributed by atoms with Crippen LogP contribution in [-0.2, 0) is 15.2 Å². The Kier molecular flexibility index (Phi) is 8.51. The third kappa shape index (κ3) is 6.50. The predicted octanol–water partition coefficient (Wildman–Crippen LogP) is 3.61. The Labute approximate surface area is 217 Å².